The van der Waals surface area contributed by atoms with E-state index in [0.29, 0.717) is 11.4 Å². The molecule has 0 radical (unpaired) electrons. The van der Waals surface area contributed by atoms with Crippen molar-refractivity contribution in [2.24, 2.45) is 0 Å². The van der Waals surface area contributed by atoms with Crippen LogP contribution in [-0.4, -0.2) is 26.3 Å². The molecule has 0 bridgehead atoms. The van der Waals surface area contributed by atoms with Crippen LogP contribution in [0.25, 0.3) is 5.82 Å². The average Bonchev–Trinajstić information content (AvgIpc) is 3.01. The van der Waals surface area contributed by atoms with Crippen LogP contribution < -0.4 is 5.56 Å². The summed E-state index contributed by atoms with van der Waals surface area (Å²) in [6.45, 7) is 5.43. The van der Waals surface area contributed by atoms with Gasteiger partial charge < -0.3 is 4.74 Å². The summed E-state index contributed by atoms with van der Waals surface area (Å²) in [5.74, 6) is 1.59. The predicted molar refractivity (Wildman–Crippen MR) is 84.4 cm³/mol. The third-order valence-electron chi connectivity index (χ3n) is 3.18. The molecule has 0 unspecified atom stereocenters. The van der Waals surface area contributed by atoms with Gasteiger partial charge in [0.15, 0.2) is 5.82 Å². The Kier molecular flexibility index (Phi) is 3.60. The van der Waals surface area contributed by atoms with E-state index in [-0.39, 0.29) is 5.56 Å². The van der Waals surface area contributed by atoms with Gasteiger partial charge in [-0.15, -0.1) is 0 Å². The van der Waals surface area contributed by atoms with E-state index < -0.39 is 11.6 Å². The second kappa shape index (κ2) is 5.31. The monoisotopic (exact) mass is 319 g/mol. The number of hydrogen-bond donors (Lipinski definition) is 1. The molecular formula is C15H17N3O3S. The standard InChI is InChI=1S/C15H17N3O3S/c1-15(2,3)21-14(20)9-4-5-12(16-6-9)18-13(19)10-7-22-8-11(10)17-18/h4-6,17H,7-8H2,1-3H3. The van der Waals surface area contributed by atoms with E-state index in [9.17, 15) is 9.59 Å². The highest BCUT2D eigenvalue weighted by atomic mass is 32.2. The number of ether oxygens (including phenoxy) is 1. The van der Waals surface area contributed by atoms with Crippen LogP contribution in [0.4, 0.5) is 0 Å². The molecule has 7 heteroatoms. The fourth-order valence-corrected chi connectivity index (χ4v) is 3.22. The Bertz CT molecular complexity index is 769. The van der Waals surface area contributed by atoms with Gasteiger partial charge >= 0.3 is 5.97 Å². The highest BCUT2D eigenvalue weighted by Crippen LogP contribution is 2.26. The normalized spacial score (nSPS) is 14.0. The number of nitrogens with zero attached hydrogens (tertiary/aromatic N) is 2. The van der Waals surface area contributed by atoms with Crippen molar-refractivity contribution < 1.29 is 9.53 Å². The van der Waals surface area contributed by atoms with Crippen LogP contribution in [0.1, 0.15) is 42.4 Å². The average molecular weight is 319 g/mol. The van der Waals surface area contributed by atoms with Gasteiger partial charge in [0.2, 0.25) is 0 Å². The minimum absolute atomic E-state index is 0.0717. The van der Waals surface area contributed by atoms with Crippen molar-refractivity contribution in [1.82, 2.24) is 14.8 Å². The number of hydrogen-bond acceptors (Lipinski definition) is 5. The van der Waals surface area contributed by atoms with Gasteiger partial charge in [0.05, 0.1) is 16.8 Å². The van der Waals surface area contributed by atoms with E-state index in [1.807, 2.05) is 20.8 Å². The molecule has 22 heavy (non-hydrogen) atoms. The van der Waals surface area contributed by atoms with E-state index in [1.165, 1.54) is 10.9 Å². The SMILES string of the molecule is CC(C)(C)OC(=O)c1ccc(-n2[nH]c3c(c2=O)CSC3)nc1. The Balaban J connectivity index is 1.86. The van der Waals surface area contributed by atoms with E-state index in [4.69, 9.17) is 4.74 Å². The smallest absolute Gasteiger partial charge is 0.340 e. The van der Waals surface area contributed by atoms with E-state index >= 15 is 0 Å². The number of H-pyrrole nitrogens is 1. The summed E-state index contributed by atoms with van der Waals surface area (Å²) in [5.41, 5.74) is 1.50. The van der Waals surface area contributed by atoms with Crippen LogP contribution in [0.2, 0.25) is 0 Å². The van der Waals surface area contributed by atoms with Gasteiger partial charge in [0.25, 0.3) is 5.56 Å². The molecule has 0 spiro atoms. The zero-order valence-corrected chi connectivity index (χ0v) is 13.5. The molecule has 3 heterocycles. The van der Waals surface area contributed by atoms with Crippen molar-refractivity contribution in [2.75, 3.05) is 0 Å². The molecule has 6 nitrogen and oxygen atoms in total. The molecule has 2 aromatic heterocycles. The number of carbonyl (C=O) groups is 1. The topological polar surface area (TPSA) is 77.0 Å². The molecule has 0 aromatic carbocycles. The Hall–Kier alpha value is -2.02. The molecule has 2 aromatic rings. The molecule has 0 aliphatic carbocycles. The van der Waals surface area contributed by atoms with Gasteiger partial charge in [0.1, 0.15) is 5.60 Å². The van der Waals surface area contributed by atoms with Crippen LogP contribution in [0.15, 0.2) is 23.1 Å². The molecule has 0 saturated heterocycles. The summed E-state index contributed by atoms with van der Waals surface area (Å²) in [6, 6.07) is 3.25. The molecule has 1 aliphatic heterocycles. The quantitative estimate of drug-likeness (QED) is 0.859. The number of pyridine rings is 1. The largest absolute Gasteiger partial charge is 0.456 e. The lowest BCUT2D eigenvalue weighted by atomic mass is 10.2. The summed E-state index contributed by atoms with van der Waals surface area (Å²) >= 11 is 1.71. The minimum atomic E-state index is -0.551. The molecule has 1 N–H and O–H groups in total. The summed E-state index contributed by atoms with van der Waals surface area (Å²) in [6.07, 6.45) is 1.43. The Morgan fingerprint density at radius 3 is 2.73 bits per heavy atom. The van der Waals surface area contributed by atoms with Crippen LogP contribution in [-0.2, 0) is 16.2 Å². The van der Waals surface area contributed by atoms with Gasteiger partial charge in [-0.05, 0) is 32.9 Å². The third kappa shape index (κ3) is 2.81. The van der Waals surface area contributed by atoms with Gasteiger partial charge in [-0.3, -0.25) is 9.89 Å². The lowest BCUT2D eigenvalue weighted by Crippen LogP contribution is -2.24. The van der Waals surface area contributed by atoms with Crippen molar-refractivity contribution >= 4 is 17.7 Å². The number of fused-ring (bicyclic) bond motifs is 1. The lowest BCUT2D eigenvalue weighted by molar-refractivity contribution is 0.00691. The number of rotatable bonds is 2. The Morgan fingerprint density at radius 1 is 1.36 bits per heavy atom. The maximum absolute atomic E-state index is 12.3. The number of aromatic nitrogens is 3. The number of thioether (sulfide) groups is 1. The zero-order valence-electron chi connectivity index (χ0n) is 12.7. The first kappa shape index (κ1) is 14.9. The fourth-order valence-electron chi connectivity index (χ4n) is 2.18. The molecule has 3 rings (SSSR count). The lowest BCUT2D eigenvalue weighted by Gasteiger charge is -2.19. The maximum atomic E-state index is 12.3. The maximum Gasteiger partial charge on any atom is 0.340 e. The van der Waals surface area contributed by atoms with E-state index in [1.54, 1.807) is 23.9 Å². The number of carbonyl (C=O) groups excluding carboxylic acids is 1. The van der Waals surface area contributed by atoms with Crippen molar-refractivity contribution in [2.45, 2.75) is 37.9 Å². The Labute approximate surface area is 131 Å². The minimum Gasteiger partial charge on any atom is -0.456 e. The summed E-state index contributed by atoms with van der Waals surface area (Å²) in [4.78, 5) is 28.4. The summed E-state index contributed by atoms with van der Waals surface area (Å²) in [7, 11) is 0. The molecule has 0 fully saturated rings. The molecule has 0 saturated carbocycles. The molecule has 1 aliphatic rings. The number of aromatic amines is 1. The van der Waals surface area contributed by atoms with Crippen LogP contribution in [0, 0.1) is 0 Å². The third-order valence-corrected chi connectivity index (χ3v) is 4.16. The molecule has 0 atom stereocenters. The van der Waals surface area contributed by atoms with Gasteiger partial charge in [0, 0.05) is 17.7 Å². The van der Waals surface area contributed by atoms with Crippen molar-refractivity contribution in [3.05, 3.63) is 45.5 Å². The first-order valence-electron chi connectivity index (χ1n) is 6.95. The molecule has 0 amide bonds. The van der Waals surface area contributed by atoms with E-state index in [0.717, 1.165) is 22.8 Å². The van der Waals surface area contributed by atoms with E-state index in [2.05, 4.69) is 10.1 Å². The Morgan fingerprint density at radius 2 is 2.14 bits per heavy atom. The van der Waals surface area contributed by atoms with Gasteiger partial charge in [-0.1, -0.05) is 0 Å². The van der Waals surface area contributed by atoms with Crippen LogP contribution >= 0.6 is 11.8 Å². The van der Waals surface area contributed by atoms with Crippen molar-refractivity contribution in [3.8, 4) is 5.82 Å². The highest BCUT2D eigenvalue weighted by Gasteiger charge is 2.21. The molecular weight excluding hydrogens is 302 g/mol. The van der Waals surface area contributed by atoms with Crippen LogP contribution in [0.3, 0.4) is 0 Å². The van der Waals surface area contributed by atoms with Gasteiger partial charge in [-0.2, -0.15) is 11.8 Å². The second-order valence-corrected chi connectivity index (χ2v) is 7.09. The van der Waals surface area contributed by atoms with Crippen molar-refractivity contribution in [1.29, 1.82) is 0 Å². The number of nitrogens with one attached hydrogen (secondary N) is 1. The fraction of sp³-hybridized carbons (Fsp3) is 0.400. The van der Waals surface area contributed by atoms with Crippen molar-refractivity contribution in [3.63, 3.8) is 0 Å². The first-order valence-corrected chi connectivity index (χ1v) is 8.11. The summed E-state index contributed by atoms with van der Waals surface area (Å²) < 4.78 is 6.70. The predicted octanol–water partition coefficient (Wildman–Crippen LogP) is 2.26. The van der Waals surface area contributed by atoms with Gasteiger partial charge in [-0.25, -0.2) is 14.5 Å². The first-order chi connectivity index (χ1) is 10.3. The number of esters is 1. The summed E-state index contributed by atoms with van der Waals surface area (Å²) in [5, 5.41) is 3.07. The second-order valence-electron chi connectivity index (χ2n) is 6.11. The zero-order chi connectivity index (χ0) is 15.9. The molecule has 116 valence electrons. The highest BCUT2D eigenvalue weighted by molar-refractivity contribution is 7.98. The van der Waals surface area contributed by atoms with Crippen LogP contribution in [0.5, 0.6) is 0 Å².